The third-order valence-corrected chi connectivity index (χ3v) is 21.1. The smallest absolute Gasteiger partial charge is 0.446 e. The maximum Gasteiger partial charge on any atom is 0.446 e. The molecular weight excluding hydrogens is 1310 g/mol. The first-order valence-electron chi connectivity index (χ1n) is 33.7. The molecule has 538 valence electrons. The zero-order chi connectivity index (χ0) is 69.8. The van der Waals surface area contributed by atoms with Gasteiger partial charge in [-0.1, -0.05) is 43.6 Å². The number of aliphatic hydroxyl groups excluding tert-OH is 8. The number of anilines is 1. The molecule has 2 aliphatic carbocycles. The van der Waals surface area contributed by atoms with Crippen LogP contribution in [0.5, 0.6) is 11.5 Å². The number of fused-ring (bicyclic) bond motifs is 2. The average molecular weight is 1400 g/mol. The molecule has 3 aromatic rings. The Morgan fingerprint density at radius 2 is 1.39 bits per heavy atom. The summed E-state index contributed by atoms with van der Waals surface area (Å²) in [5.74, 6) is -9.02. The molecule has 6 amide bonds. The number of rotatable bonds is 21. The van der Waals surface area contributed by atoms with Crippen LogP contribution in [0.4, 0.5) is 5.69 Å². The van der Waals surface area contributed by atoms with Crippen LogP contribution < -0.4 is 41.0 Å². The highest BCUT2D eigenvalue weighted by Crippen LogP contribution is 2.39. The lowest BCUT2D eigenvalue weighted by molar-refractivity contribution is -0.147. The molecule has 4 saturated heterocycles. The fourth-order valence-electron chi connectivity index (χ4n) is 14.0. The van der Waals surface area contributed by atoms with Gasteiger partial charge >= 0.3 is 10.4 Å². The van der Waals surface area contributed by atoms with Crippen LogP contribution in [-0.2, 0) is 50.3 Å². The number of aliphatic hydroxyl groups is 8. The van der Waals surface area contributed by atoms with Crippen molar-refractivity contribution in [2.24, 2.45) is 11.8 Å². The molecular formula is C64H95N11O20S2. The van der Waals surface area contributed by atoms with E-state index in [1.54, 1.807) is 11.3 Å². The van der Waals surface area contributed by atoms with Crippen molar-refractivity contribution >= 4 is 62.9 Å². The van der Waals surface area contributed by atoms with E-state index in [0.717, 1.165) is 101 Å². The van der Waals surface area contributed by atoms with Crippen molar-refractivity contribution in [1.29, 1.82) is 0 Å². The molecule has 0 bridgehead atoms. The Bertz CT molecular complexity index is 3260. The molecule has 6 fully saturated rings. The van der Waals surface area contributed by atoms with Crippen LogP contribution in [0.3, 0.4) is 0 Å². The SMILES string of the molecule is C[C@@H](O)[C@@H]1NC(=O)[C@@H](NCC2CCC(c3nnc(-c4ccc(N5CCC(OC6CCCCC6)CC5)cc4)s3)CC2)C[C@@H](O)CNC(=O)[C@@H]2[C@@H](O)[C@@H](C)CN2C(=O)[C@H]([C@H](O)CCNC(CO)CO)NC(=O)C([C@H](O)Cc2ccc(O)c(OS(=O)(=O)O)c2)NC(=O)[C@@H]2C[C@@H](O)CN2C1=O. The van der Waals surface area contributed by atoms with Gasteiger partial charge in [-0.25, -0.2) is 0 Å². The van der Waals surface area contributed by atoms with Crippen molar-refractivity contribution in [2.75, 3.05) is 63.9 Å². The third kappa shape index (κ3) is 19.8. The van der Waals surface area contributed by atoms with Gasteiger partial charge in [0.05, 0.1) is 74.1 Å². The number of ether oxygens (including phenoxy) is 1. The van der Waals surface area contributed by atoms with Crippen LogP contribution in [0, 0.1) is 11.8 Å². The second-order valence-corrected chi connectivity index (χ2v) is 28.9. The van der Waals surface area contributed by atoms with Crippen LogP contribution in [-0.4, -0.2) is 265 Å². The molecule has 13 atom stereocenters. The highest BCUT2D eigenvalue weighted by molar-refractivity contribution is 7.81. The van der Waals surface area contributed by atoms with E-state index >= 15 is 0 Å². The number of nitrogens with one attached hydrogen (secondary N) is 6. The summed E-state index contributed by atoms with van der Waals surface area (Å²) in [6, 6.07) is -0.353. The van der Waals surface area contributed by atoms with Gasteiger partial charge in [0.1, 0.15) is 40.2 Å². The summed E-state index contributed by atoms with van der Waals surface area (Å²) >= 11 is 1.55. The molecule has 1 unspecified atom stereocenters. The highest BCUT2D eigenvalue weighted by Gasteiger charge is 2.50. The minimum Gasteiger partial charge on any atom is -0.504 e. The number of hydrogen-bond donors (Lipinski definition) is 16. The lowest BCUT2D eigenvalue weighted by atomic mass is 9.82. The van der Waals surface area contributed by atoms with Crippen molar-refractivity contribution in [3.8, 4) is 22.1 Å². The predicted molar refractivity (Wildman–Crippen MR) is 350 cm³/mol. The molecule has 5 heterocycles. The molecule has 2 aromatic carbocycles. The number of piperidine rings is 1. The van der Waals surface area contributed by atoms with E-state index in [1.165, 1.54) is 33.1 Å². The number of hydrogen-bond acceptors (Lipinski definition) is 25. The van der Waals surface area contributed by atoms with Gasteiger partial charge < -0.3 is 101 Å². The standard InChI is InChI=1S/C64H95N11O20S2/c1-34-30-75-55(56(34)84)60(88)67-29-42(79)26-46(66-28-36-8-11-38(12-9-36)61-71-72-62(96-61)39-13-15-41(16-14-39)73-22-19-45(20-23-73)94-44-6-4-3-5-7-44)57(85)68-52(35(2)78)63(89)74-31-43(80)27-47(74)58(86)69-53(50(83)24-37-10-17-48(81)51(25-37)95-97(91,92)93)59(87)70-54(64(75)90)49(82)18-21-65-40(32-76)33-77/h10,13-17,25,34-36,38,40,42-47,49-50,52-56,65-66,76-84H,3-9,11-12,18-24,26-33H2,1-2H3,(H,67,88)(H,68,85)(H,69,86)(H,70,87)(H,91,92,93)/t34-,35+,36?,38?,42+,43+,46-,47-,49+,50+,52-,53?,54-,55-,56-/m0/s1. The van der Waals surface area contributed by atoms with E-state index in [2.05, 4.69) is 75.4 Å². The number of nitrogens with zero attached hydrogens (tertiary/aromatic N) is 5. The Morgan fingerprint density at radius 3 is 2.06 bits per heavy atom. The second kappa shape index (κ2) is 34.2. The monoisotopic (exact) mass is 1400 g/mol. The van der Waals surface area contributed by atoms with E-state index in [1.807, 2.05) is 0 Å². The number of benzene rings is 2. The topological polar surface area (TPSA) is 465 Å². The lowest BCUT2D eigenvalue weighted by Gasteiger charge is -2.36. The zero-order valence-electron chi connectivity index (χ0n) is 54.5. The number of amides is 6. The summed E-state index contributed by atoms with van der Waals surface area (Å²) in [6.45, 7) is 2.08. The van der Waals surface area contributed by atoms with E-state index in [9.17, 15) is 87.7 Å². The third-order valence-electron chi connectivity index (χ3n) is 19.6. The minimum absolute atomic E-state index is 0.00163. The predicted octanol–water partition coefficient (Wildman–Crippen LogP) is -2.17. The number of aromatic nitrogens is 2. The molecule has 31 nitrogen and oxygen atoms in total. The number of β-amino-alcohol motifs (C(OH)–C–C–N with tert-alkyl or cyclic N) is 1. The summed E-state index contributed by atoms with van der Waals surface area (Å²) in [6.07, 6.45) is -0.492. The number of carbonyl (C=O) groups is 6. The summed E-state index contributed by atoms with van der Waals surface area (Å²) in [5, 5.41) is 126. The Balaban J connectivity index is 0.925. The first kappa shape index (κ1) is 74.9. The molecule has 33 heteroatoms. The van der Waals surface area contributed by atoms with Gasteiger partial charge in [0, 0.05) is 68.7 Å². The maximum atomic E-state index is 15.0. The summed E-state index contributed by atoms with van der Waals surface area (Å²) < 4.78 is 43.6. The molecule has 0 spiro atoms. The fraction of sp³-hybridized carbons (Fsp3) is 0.688. The van der Waals surface area contributed by atoms with Gasteiger partial charge in [-0.05, 0) is 132 Å². The average Bonchev–Trinajstić information content (AvgIpc) is 1.69. The van der Waals surface area contributed by atoms with Crippen LogP contribution in [0.1, 0.15) is 120 Å². The minimum atomic E-state index is -5.22. The maximum absolute atomic E-state index is 15.0. The molecule has 4 aliphatic heterocycles. The van der Waals surface area contributed by atoms with E-state index in [-0.39, 0.29) is 37.0 Å². The Labute approximate surface area is 567 Å². The zero-order valence-corrected chi connectivity index (χ0v) is 56.1. The van der Waals surface area contributed by atoms with Crippen LogP contribution in [0.25, 0.3) is 10.6 Å². The highest BCUT2D eigenvalue weighted by atomic mass is 32.3. The Hall–Kier alpha value is -6.31. The number of phenols is 1. The van der Waals surface area contributed by atoms with Crippen molar-refractivity contribution < 1.29 is 96.6 Å². The first-order chi connectivity index (χ1) is 46.3. The number of phenolic OH excluding ortho intramolecular Hbond substituents is 1. The van der Waals surface area contributed by atoms with Gasteiger partial charge in [-0.15, -0.1) is 10.2 Å². The molecule has 6 aliphatic rings. The Kier molecular flexibility index (Phi) is 26.4. The molecule has 1 aromatic heterocycles. The normalized spacial score (nSPS) is 29.2. The van der Waals surface area contributed by atoms with Gasteiger partial charge in [0.15, 0.2) is 11.5 Å². The van der Waals surface area contributed by atoms with Crippen LogP contribution in [0.2, 0.25) is 0 Å². The van der Waals surface area contributed by atoms with Gasteiger partial charge in [0.2, 0.25) is 35.4 Å². The fourth-order valence-corrected chi connectivity index (χ4v) is 15.3. The van der Waals surface area contributed by atoms with Gasteiger partial charge in [-0.2, -0.15) is 8.42 Å². The molecule has 97 heavy (non-hydrogen) atoms. The number of carbonyl (C=O) groups excluding carboxylic acids is 6. The second-order valence-electron chi connectivity index (χ2n) is 26.8. The van der Waals surface area contributed by atoms with E-state index in [0.29, 0.717) is 25.0 Å². The summed E-state index contributed by atoms with van der Waals surface area (Å²) in [7, 11) is -5.22. The van der Waals surface area contributed by atoms with Crippen molar-refractivity contribution in [3.63, 3.8) is 0 Å². The van der Waals surface area contributed by atoms with Crippen molar-refractivity contribution in [1.82, 2.24) is 51.9 Å². The Morgan fingerprint density at radius 1 is 0.732 bits per heavy atom. The quantitative estimate of drug-likeness (QED) is 0.0505. The molecule has 0 radical (unpaired) electrons. The summed E-state index contributed by atoms with van der Waals surface area (Å²) in [4.78, 5) is 92.4. The summed E-state index contributed by atoms with van der Waals surface area (Å²) in [5.41, 5.74) is 2.04. The van der Waals surface area contributed by atoms with Gasteiger partial charge in [0.25, 0.3) is 0 Å². The van der Waals surface area contributed by atoms with E-state index in [4.69, 9.17) is 4.74 Å². The molecule has 9 rings (SSSR count). The molecule has 2 saturated carbocycles. The largest absolute Gasteiger partial charge is 0.504 e. The van der Waals surface area contributed by atoms with Crippen molar-refractivity contribution in [3.05, 3.63) is 53.0 Å². The van der Waals surface area contributed by atoms with Crippen LogP contribution in [0.15, 0.2) is 42.5 Å². The first-order valence-corrected chi connectivity index (χ1v) is 35.9. The molecule has 16 N–H and O–H groups in total. The van der Waals surface area contributed by atoms with Crippen molar-refractivity contribution in [2.45, 2.75) is 207 Å². The lowest BCUT2D eigenvalue weighted by Crippen LogP contribution is -2.64. The van der Waals surface area contributed by atoms with E-state index < -0.39 is 194 Å². The van der Waals surface area contributed by atoms with Gasteiger partial charge in [-0.3, -0.25) is 33.3 Å². The number of aromatic hydroxyl groups is 1. The van der Waals surface area contributed by atoms with Crippen LogP contribution >= 0.6 is 11.3 Å².